The SMILES string of the molecule is COC(=O)c1cccc(CS(=O)(=O)N2CCCC(C(=O)O)C2)c1. The minimum Gasteiger partial charge on any atom is -0.481 e. The zero-order chi connectivity index (χ0) is 17.0. The number of hydrogen-bond acceptors (Lipinski definition) is 5. The molecule has 2 rings (SSSR count). The van der Waals surface area contributed by atoms with Crippen LogP contribution in [0.5, 0.6) is 0 Å². The molecule has 1 aliphatic rings. The molecule has 0 radical (unpaired) electrons. The second-order valence-electron chi connectivity index (χ2n) is 5.48. The van der Waals surface area contributed by atoms with Crippen molar-refractivity contribution in [2.24, 2.45) is 5.92 Å². The zero-order valence-electron chi connectivity index (χ0n) is 12.8. The van der Waals surface area contributed by atoms with Crippen molar-refractivity contribution >= 4 is 22.0 Å². The van der Waals surface area contributed by atoms with Gasteiger partial charge in [-0.3, -0.25) is 4.79 Å². The molecular formula is C15H19NO6S. The summed E-state index contributed by atoms with van der Waals surface area (Å²) in [5.41, 5.74) is 0.743. The van der Waals surface area contributed by atoms with Gasteiger partial charge in [-0.05, 0) is 30.5 Å². The van der Waals surface area contributed by atoms with E-state index < -0.39 is 27.9 Å². The first-order valence-electron chi connectivity index (χ1n) is 7.21. The van der Waals surface area contributed by atoms with Crippen molar-refractivity contribution in [2.45, 2.75) is 18.6 Å². The average Bonchev–Trinajstić information content (AvgIpc) is 2.54. The second kappa shape index (κ2) is 7.10. The molecule has 1 aromatic rings. The zero-order valence-corrected chi connectivity index (χ0v) is 13.6. The minimum atomic E-state index is -3.63. The highest BCUT2D eigenvalue weighted by Crippen LogP contribution is 2.22. The Morgan fingerprint density at radius 2 is 2.13 bits per heavy atom. The van der Waals surface area contributed by atoms with Gasteiger partial charge in [0.15, 0.2) is 0 Å². The van der Waals surface area contributed by atoms with Crippen molar-refractivity contribution in [3.8, 4) is 0 Å². The molecular weight excluding hydrogens is 322 g/mol. The molecule has 0 aromatic heterocycles. The summed E-state index contributed by atoms with van der Waals surface area (Å²) in [6.07, 6.45) is 1.01. The highest BCUT2D eigenvalue weighted by Gasteiger charge is 2.32. The molecule has 1 N–H and O–H groups in total. The number of aliphatic carboxylic acids is 1. The minimum absolute atomic E-state index is 0.00560. The van der Waals surface area contributed by atoms with Gasteiger partial charge in [0.2, 0.25) is 10.0 Å². The molecule has 23 heavy (non-hydrogen) atoms. The summed E-state index contributed by atoms with van der Waals surface area (Å²) in [7, 11) is -2.38. The summed E-state index contributed by atoms with van der Waals surface area (Å²) in [4.78, 5) is 22.6. The van der Waals surface area contributed by atoms with Crippen LogP contribution in [0.3, 0.4) is 0 Å². The van der Waals surface area contributed by atoms with Crippen molar-refractivity contribution in [3.05, 3.63) is 35.4 Å². The van der Waals surface area contributed by atoms with Crippen LogP contribution in [0.1, 0.15) is 28.8 Å². The summed E-state index contributed by atoms with van der Waals surface area (Å²) in [5.74, 6) is -2.45. The number of rotatable bonds is 5. The first kappa shape index (κ1) is 17.4. The van der Waals surface area contributed by atoms with Gasteiger partial charge < -0.3 is 9.84 Å². The monoisotopic (exact) mass is 341 g/mol. The highest BCUT2D eigenvalue weighted by atomic mass is 32.2. The van der Waals surface area contributed by atoms with Gasteiger partial charge in [0.25, 0.3) is 0 Å². The van der Waals surface area contributed by atoms with Gasteiger partial charge in [-0.1, -0.05) is 12.1 Å². The highest BCUT2D eigenvalue weighted by molar-refractivity contribution is 7.88. The van der Waals surface area contributed by atoms with Gasteiger partial charge >= 0.3 is 11.9 Å². The molecule has 1 heterocycles. The van der Waals surface area contributed by atoms with E-state index in [2.05, 4.69) is 4.74 Å². The first-order chi connectivity index (χ1) is 10.8. The van der Waals surface area contributed by atoms with Crippen LogP contribution in [0, 0.1) is 5.92 Å². The van der Waals surface area contributed by atoms with Crippen LogP contribution in [0.2, 0.25) is 0 Å². The lowest BCUT2D eigenvalue weighted by molar-refractivity contribution is -0.142. The normalized spacial score (nSPS) is 19.3. The number of sulfonamides is 1. The van der Waals surface area contributed by atoms with E-state index >= 15 is 0 Å². The van der Waals surface area contributed by atoms with E-state index in [1.807, 2.05) is 0 Å². The lowest BCUT2D eigenvalue weighted by Gasteiger charge is -2.29. The number of ether oxygens (including phenoxy) is 1. The van der Waals surface area contributed by atoms with Crippen LogP contribution >= 0.6 is 0 Å². The maximum Gasteiger partial charge on any atom is 0.337 e. The molecule has 0 aliphatic carbocycles. The van der Waals surface area contributed by atoms with E-state index in [1.54, 1.807) is 18.2 Å². The number of carboxylic acid groups (broad SMARTS) is 1. The molecule has 0 bridgehead atoms. The maximum atomic E-state index is 12.5. The second-order valence-corrected chi connectivity index (χ2v) is 7.45. The van der Waals surface area contributed by atoms with Crippen molar-refractivity contribution in [1.29, 1.82) is 0 Å². The number of nitrogens with zero attached hydrogens (tertiary/aromatic N) is 1. The Kier molecular flexibility index (Phi) is 5.38. The van der Waals surface area contributed by atoms with Crippen LogP contribution in [-0.2, 0) is 25.3 Å². The molecule has 8 heteroatoms. The summed E-state index contributed by atoms with van der Waals surface area (Å²) in [5, 5.41) is 9.06. The molecule has 7 nitrogen and oxygen atoms in total. The average molecular weight is 341 g/mol. The van der Waals surface area contributed by atoms with Gasteiger partial charge in [0.05, 0.1) is 24.3 Å². The lowest BCUT2D eigenvalue weighted by Crippen LogP contribution is -2.42. The largest absolute Gasteiger partial charge is 0.481 e. The summed E-state index contributed by atoms with van der Waals surface area (Å²) < 4.78 is 30.8. The van der Waals surface area contributed by atoms with E-state index in [4.69, 9.17) is 5.11 Å². The third kappa shape index (κ3) is 4.29. The van der Waals surface area contributed by atoms with Gasteiger partial charge in [-0.2, -0.15) is 0 Å². The smallest absolute Gasteiger partial charge is 0.337 e. The van der Waals surface area contributed by atoms with Crippen LogP contribution in [0.25, 0.3) is 0 Å². The molecule has 1 fully saturated rings. The van der Waals surface area contributed by atoms with Crippen molar-refractivity contribution in [1.82, 2.24) is 4.31 Å². The van der Waals surface area contributed by atoms with E-state index in [1.165, 1.54) is 17.5 Å². The molecule has 126 valence electrons. The number of carbonyl (C=O) groups excluding carboxylic acids is 1. The van der Waals surface area contributed by atoms with E-state index in [-0.39, 0.29) is 17.9 Å². The number of carboxylic acids is 1. The fourth-order valence-electron chi connectivity index (χ4n) is 2.60. The predicted octanol–water partition coefficient (Wildman–Crippen LogP) is 1.10. The lowest BCUT2D eigenvalue weighted by atomic mass is 10.0. The molecule has 1 unspecified atom stereocenters. The predicted molar refractivity (Wildman–Crippen MR) is 82.3 cm³/mol. The maximum absolute atomic E-state index is 12.5. The van der Waals surface area contributed by atoms with E-state index in [0.29, 0.717) is 24.9 Å². The Balaban J connectivity index is 2.15. The van der Waals surface area contributed by atoms with Crippen molar-refractivity contribution < 1.29 is 27.9 Å². The Labute approximate surface area is 134 Å². The van der Waals surface area contributed by atoms with Crippen molar-refractivity contribution in [2.75, 3.05) is 20.2 Å². The molecule has 1 atom stereocenters. The Bertz CT molecular complexity index is 700. The Hall–Kier alpha value is -1.93. The summed E-state index contributed by atoms with van der Waals surface area (Å²) >= 11 is 0. The standard InChI is InChI=1S/C15H19NO6S/c1-22-15(19)12-5-2-4-11(8-12)10-23(20,21)16-7-3-6-13(9-16)14(17)18/h2,4-5,8,13H,3,6-7,9-10H2,1H3,(H,17,18). The molecule has 1 aromatic carbocycles. The quantitative estimate of drug-likeness (QED) is 0.805. The van der Waals surface area contributed by atoms with Crippen LogP contribution in [0.15, 0.2) is 24.3 Å². The fourth-order valence-corrected chi connectivity index (χ4v) is 4.20. The van der Waals surface area contributed by atoms with E-state index in [0.717, 1.165) is 0 Å². The van der Waals surface area contributed by atoms with Gasteiger partial charge in [-0.25, -0.2) is 17.5 Å². The molecule has 0 spiro atoms. The van der Waals surface area contributed by atoms with E-state index in [9.17, 15) is 18.0 Å². The molecule has 0 amide bonds. The van der Waals surface area contributed by atoms with Crippen LogP contribution < -0.4 is 0 Å². The molecule has 1 aliphatic heterocycles. The van der Waals surface area contributed by atoms with Crippen LogP contribution in [0.4, 0.5) is 0 Å². The van der Waals surface area contributed by atoms with Crippen molar-refractivity contribution in [3.63, 3.8) is 0 Å². The topological polar surface area (TPSA) is 101 Å². The number of hydrogen-bond donors (Lipinski definition) is 1. The van der Waals surface area contributed by atoms with Gasteiger partial charge in [-0.15, -0.1) is 0 Å². The first-order valence-corrected chi connectivity index (χ1v) is 8.82. The third-order valence-corrected chi connectivity index (χ3v) is 5.64. The van der Waals surface area contributed by atoms with Gasteiger partial charge in [0.1, 0.15) is 0 Å². The number of piperidine rings is 1. The Morgan fingerprint density at radius 3 is 2.78 bits per heavy atom. The van der Waals surface area contributed by atoms with Gasteiger partial charge in [0, 0.05) is 13.1 Å². The summed E-state index contributed by atoms with van der Waals surface area (Å²) in [6, 6.07) is 6.22. The fraction of sp³-hybridized carbons (Fsp3) is 0.467. The molecule has 0 saturated carbocycles. The third-order valence-electron chi connectivity index (χ3n) is 3.82. The number of benzene rings is 1. The number of esters is 1. The molecule has 1 saturated heterocycles. The number of methoxy groups -OCH3 is 1. The summed E-state index contributed by atoms with van der Waals surface area (Å²) in [6.45, 7) is 0.317. The van der Waals surface area contributed by atoms with Crippen LogP contribution in [-0.4, -0.2) is 50.0 Å². The Morgan fingerprint density at radius 1 is 1.39 bits per heavy atom. The number of carbonyl (C=O) groups is 2.